The van der Waals surface area contributed by atoms with Crippen LogP contribution >= 0.6 is 27.3 Å². The molecule has 0 amide bonds. The van der Waals surface area contributed by atoms with Crippen molar-refractivity contribution in [2.24, 2.45) is 0 Å². The highest BCUT2D eigenvalue weighted by Crippen LogP contribution is 2.26. The van der Waals surface area contributed by atoms with Crippen molar-refractivity contribution in [1.29, 1.82) is 0 Å². The van der Waals surface area contributed by atoms with Gasteiger partial charge in [-0.15, -0.1) is 14.6 Å². The Morgan fingerprint density at radius 1 is 0.880 bits per heavy atom. The fourth-order valence-electron chi connectivity index (χ4n) is 2.50. The number of halogens is 2. The molecule has 0 unspecified atom stereocenters. The Hall–Kier alpha value is -1.58. The molecule has 2 aromatic carbocycles. The van der Waals surface area contributed by atoms with Gasteiger partial charge in [-0.05, 0) is 35.7 Å². The van der Waals surface area contributed by atoms with Crippen LogP contribution in [0, 0.1) is 10.2 Å². The molecule has 0 radical (unpaired) electrons. The molecular formula is C17H11BrClNO4S. The minimum atomic E-state index is -4.94. The van der Waals surface area contributed by atoms with Crippen LogP contribution in [0.15, 0.2) is 70.6 Å². The zero-order valence-electron chi connectivity index (χ0n) is 12.6. The van der Waals surface area contributed by atoms with Crippen molar-refractivity contribution >= 4 is 42.9 Å². The first kappa shape index (κ1) is 18.2. The maximum atomic E-state index is 8.49. The summed E-state index contributed by atoms with van der Waals surface area (Å²) in [6, 6.07) is 19.2. The van der Waals surface area contributed by atoms with Crippen LogP contribution in [0.4, 0.5) is 0 Å². The number of benzene rings is 2. The summed E-state index contributed by atoms with van der Waals surface area (Å²) in [6.07, 6.45) is 2.16. The van der Waals surface area contributed by atoms with E-state index >= 15 is 0 Å². The molecular weight excluding hydrogens is 430 g/mol. The summed E-state index contributed by atoms with van der Waals surface area (Å²) in [4.78, 5) is 1.29. The lowest BCUT2D eigenvalue weighted by molar-refractivity contribution is -2.00. The third-order valence-corrected chi connectivity index (χ3v) is 5.00. The molecule has 0 saturated heterocycles. The fraction of sp³-hybridized carbons (Fsp3) is 0. The molecule has 0 saturated carbocycles. The SMILES string of the molecule is Brc1ccc(-c2csc3c4ccccc4cc[n+]23)cc1.[O-][Cl+3]([O-])([O-])[O-]. The summed E-state index contributed by atoms with van der Waals surface area (Å²) < 4.78 is 37.4. The highest BCUT2D eigenvalue weighted by molar-refractivity contribution is 9.10. The molecule has 0 fully saturated rings. The van der Waals surface area contributed by atoms with Crippen molar-refractivity contribution in [1.82, 2.24) is 0 Å². The zero-order chi connectivity index (χ0) is 18.0. The number of aromatic nitrogens is 1. The van der Waals surface area contributed by atoms with Gasteiger partial charge in [-0.2, -0.15) is 0 Å². The summed E-state index contributed by atoms with van der Waals surface area (Å²) in [5.74, 6) is 0. The normalized spacial score (nSPS) is 11.4. The number of hydrogen-bond acceptors (Lipinski definition) is 5. The fourth-order valence-corrected chi connectivity index (χ4v) is 3.82. The predicted octanol–water partition coefficient (Wildman–Crippen LogP) is 0.314. The van der Waals surface area contributed by atoms with Gasteiger partial charge in [-0.1, -0.05) is 45.5 Å². The minimum absolute atomic E-state index is 1.11. The second-order valence-electron chi connectivity index (χ2n) is 5.08. The summed E-state index contributed by atoms with van der Waals surface area (Å²) in [6.45, 7) is 0. The number of hydrogen-bond donors (Lipinski definition) is 0. The Bertz CT molecular complexity index is 1010. The van der Waals surface area contributed by atoms with E-state index in [4.69, 9.17) is 18.6 Å². The lowest BCUT2D eigenvalue weighted by Gasteiger charge is -2.17. The molecule has 0 aliphatic heterocycles. The van der Waals surface area contributed by atoms with Gasteiger partial charge < -0.3 is 0 Å². The van der Waals surface area contributed by atoms with E-state index in [0.29, 0.717) is 0 Å². The molecule has 2 aromatic heterocycles. The molecule has 128 valence electrons. The van der Waals surface area contributed by atoms with Gasteiger partial charge in [0, 0.05) is 16.1 Å². The first-order valence-electron chi connectivity index (χ1n) is 7.01. The van der Waals surface area contributed by atoms with Crippen molar-refractivity contribution in [2.45, 2.75) is 0 Å². The van der Waals surface area contributed by atoms with Crippen LogP contribution in [0.25, 0.3) is 26.9 Å². The van der Waals surface area contributed by atoms with Gasteiger partial charge in [-0.3, -0.25) is 0 Å². The van der Waals surface area contributed by atoms with Gasteiger partial charge in [0.2, 0.25) is 5.69 Å². The Labute approximate surface area is 157 Å². The average molecular weight is 441 g/mol. The lowest BCUT2D eigenvalue weighted by atomic mass is 10.1. The molecule has 4 rings (SSSR count). The van der Waals surface area contributed by atoms with E-state index in [2.05, 4.69) is 86.5 Å². The van der Waals surface area contributed by atoms with Crippen molar-refractivity contribution in [3.05, 3.63) is 70.6 Å². The Kier molecular flexibility index (Phi) is 5.35. The molecule has 4 aromatic rings. The van der Waals surface area contributed by atoms with Gasteiger partial charge in [0.25, 0.3) is 4.83 Å². The van der Waals surface area contributed by atoms with Crippen LogP contribution in [0.1, 0.15) is 0 Å². The highest BCUT2D eigenvalue weighted by Gasteiger charge is 2.17. The van der Waals surface area contributed by atoms with E-state index in [1.807, 2.05) is 0 Å². The molecule has 8 heteroatoms. The topological polar surface area (TPSA) is 96.3 Å². The van der Waals surface area contributed by atoms with Gasteiger partial charge in [0.15, 0.2) is 6.20 Å². The van der Waals surface area contributed by atoms with E-state index in [9.17, 15) is 0 Å². The molecule has 0 bridgehead atoms. The zero-order valence-corrected chi connectivity index (χ0v) is 15.8. The van der Waals surface area contributed by atoms with E-state index < -0.39 is 10.2 Å². The molecule has 0 N–H and O–H groups in total. The molecule has 0 spiro atoms. The molecule has 5 nitrogen and oxygen atoms in total. The molecule has 25 heavy (non-hydrogen) atoms. The number of fused-ring (bicyclic) bond motifs is 3. The average Bonchev–Trinajstić information content (AvgIpc) is 2.98. The van der Waals surface area contributed by atoms with E-state index in [1.165, 1.54) is 26.9 Å². The molecule has 2 heterocycles. The summed E-state index contributed by atoms with van der Waals surface area (Å²) in [5, 5.41) is 4.82. The van der Waals surface area contributed by atoms with E-state index in [-0.39, 0.29) is 0 Å². The van der Waals surface area contributed by atoms with Crippen LogP contribution in [0.5, 0.6) is 0 Å². The first-order valence-corrected chi connectivity index (χ1v) is 9.92. The summed E-state index contributed by atoms with van der Waals surface area (Å²) >= 11 is 5.28. The van der Waals surface area contributed by atoms with Crippen molar-refractivity contribution in [2.75, 3.05) is 0 Å². The summed E-state index contributed by atoms with van der Waals surface area (Å²) in [7, 11) is -4.94. The highest BCUT2D eigenvalue weighted by atomic mass is 79.9. The van der Waals surface area contributed by atoms with E-state index in [1.54, 1.807) is 11.3 Å². The van der Waals surface area contributed by atoms with Crippen LogP contribution in [0.2, 0.25) is 0 Å². The first-order chi connectivity index (χ1) is 11.8. The molecule has 0 aliphatic rings. The van der Waals surface area contributed by atoms with Gasteiger partial charge in [-0.25, -0.2) is 18.6 Å². The Balaban J connectivity index is 0.000000324. The van der Waals surface area contributed by atoms with Crippen molar-refractivity contribution in [3.63, 3.8) is 0 Å². The third kappa shape index (κ3) is 4.53. The maximum absolute atomic E-state index is 8.49. The largest absolute Gasteiger partial charge is 0.275 e. The minimum Gasteiger partial charge on any atom is -0.222 e. The Morgan fingerprint density at radius 2 is 1.52 bits per heavy atom. The monoisotopic (exact) mass is 439 g/mol. The third-order valence-electron chi connectivity index (χ3n) is 3.49. The molecule has 0 atom stereocenters. The van der Waals surface area contributed by atoms with Crippen LogP contribution < -0.4 is 23.0 Å². The predicted molar refractivity (Wildman–Crippen MR) is 88.1 cm³/mol. The standard InChI is InChI=1S/C17H11BrNS.ClHO4/c18-14-7-5-13(6-8-14)16-11-20-17-15-4-2-1-3-12(15)9-10-19(16)17;2-1(3,4)5/h1-11H;(H,2,3,4,5)/q+1;/p-1. The lowest BCUT2D eigenvalue weighted by Crippen LogP contribution is -2.68. The van der Waals surface area contributed by atoms with Gasteiger partial charge in [0.05, 0.1) is 10.8 Å². The number of rotatable bonds is 1. The van der Waals surface area contributed by atoms with Crippen molar-refractivity contribution in [3.8, 4) is 11.3 Å². The van der Waals surface area contributed by atoms with Gasteiger partial charge in [0.1, 0.15) is 0 Å². The number of nitrogens with zero attached hydrogens (tertiary/aromatic N) is 1. The smallest absolute Gasteiger partial charge is 0.222 e. The quantitative estimate of drug-likeness (QED) is 0.398. The van der Waals surface area contributed by atoms with E-state index in [0.717, 1.165) is 4.47 Å². The van der Waals surface area contributed by atoms with Crippen molar-refractivity contribution < 1.29 is 33.3 Å². The Morgan fingerprint density at radius 3 is 2.20 bits per heavy atom. The second kappa shape index (κ2) is 7.35. The van der Waals surface area contributed by atoms with Crippen LogP contribution in [-0.2, 0) is 0 Å². The van der Waals surface area contributed by atoms with Gasteiger partial charge >= 0.3 is 0 Å². The van der Waals surface area contributed by atoms with Crippen LogP contribution in [-0.4, -0.2) is 0 Å². The number of thiazole rings is 1. The van der Waals surface area contributed by atoms with Crippen LogP contribution in [0.3, 0.4) is 0 Å². The number of pyridine rings is 1. The maximum Gasteiger partial charge on any atom is 0.275 e. The summed E-state index contributed by atoms with van der Waals surface area (Å²) in [5.41, 5.74) is 2.47. The second-order valence-corrected chi connectivity index (χ2v) is 7.61. The molecule has 0 aliphatic carbocycles.